The van der Waals surface area contributed by atoms with Crippen LogP contribution in [0, 0.1) is 0 Å². The van der Waals surface area contributed by atoms with Crippen molar-refractivity contribution in [2.75, 3.05) is 0 Å². The second-order valence-electron chi connectivity index (χ2n) is 6.03. The van der Waals surface area contributed by atoms with E-state index in [1.807, 2.05) is 37.3 Å². The summed E-state index contributed by atoms with van der Waals surface area (Å²) in [6.45, 7) is 2.17. The van der Waals surface area contributed by atoms with E-state index in [2.05, 4.69) is 4.98 Å². The molecule has 0 aliphatic carbocycles. The van der Waals surface area contributed by atoms with Crippen molar-refractivity contribution in [3.8, 4) is 11.4 Å². The highest BCUT2D eigenvalue weighted by atomic mass is 35.5. The molecule has 1 heterocycles. The van der Waals surface area contributed by atoms with Gasteiger partial charge in [0.1, 0.15) is 5.82 Å². The summed E-state index contributed by atoms with van der Waals surface area (Å²) in [6, 6.07) is 13.0. The predicted molar refractivity (Wildman–Crippen MR) is 98.9 cm³/mol. The molecule has 0 bridgehead atoms. The van der Waals surface area contributed by atoms with Crippen molar-refractivity contribution in [3.05, 3.63) is 86.8 Å². The lowest BCUT2D eigenvalue weighted by atomic mass is 10.1. The summed E-state index contributed by atoms with van der Waals surface area (Å²) >= 11 is 6.05. The molecule has 0 atom stereocenters. The third kappa shape index (κ3) is 4.06. The van der Waals surface area contributed by atoms with E-state index in [0.29, 0.717) is 18.5 Å². The van der Waals surface area contributed by atoms with Gasteiger partial charge in [0.05, 0.1) is 10.6 Å². The molecule has 3 nitrogen and oxygen atoms in total. The minimum absolute atomic E-state index is 0.0715. The Morgan fingerprint density at radius 2 is 1.78 bits per heavy atom. The quantitative estimate of drug-likeness (QED) is 0.612. The van der Waals surface area contributed by atoms with Crippen molar-refractivity contribution >= 4 is 11.6 Å². The lowest BCUT2D eigenvalue weighted by Gasteiger charge is -2.17. The highest BCUT2D eigenvalue weighted by Gasteiger charge is 2.34. The highest BCUT2D eigenvalue weighted by molar-refractivity contribution is 6.34. The first-order valence-electron chi connectivity index (χ1n) is 8.31. The molecule has 0 spiro atoms. The van der Waals surface area contributed by atoms with E-state index >= 15 is 0 Å². The van der Waals surface area contributed by atoms with Gasteiger partial charge >= 0.3 is 6.18 Å². The Bertz CT molecular complexity index is 1010. The van der Waals surface area contributed by atoms with E-state index in [4.69, 9.17) is 11.6 Å². The van der Waals surface area contributed by atoms with Crippen LogP contribution in [0.15, 0.2) is 59.5 Å². The number of halogens is 4. The molecule has 2 aromatic carbocycles. The van der Waals surface area contributed by atoms with Gasteiger partial charge in [-0.2, -0.15) is 18.2 Å². The number of hydrogen-bond acceptors (Lipinski definition) is 2. The number of benzene rings is 2. The molecule has 3 aromatic rings. The van der Waals surface area contributed by atoms with Crippen molar-refractivity contribution in [1.29, 1.82) is 0 Å². The third-order valence-electron chi connectivity index (χ3n) is 4.19. The summed E-state index contributed by atoms with van der Waals surface area (Å²) in [5, 5.41) is -0.469. The Morgan fingerprint density at radius 1 is 1.07 bits per heavy atom. The Hall–Kier alpha value is -2.60. The van der Waals surface area contributed by atoms with Crippen molar-refractivity contribution in [2.24, 2.45) is 0 Å². The third-order valence-corrected chi connectivity index (χ3v) is 4.59. The molecule has 0 saturated carbocycles. The zero-order valence-corrected chi connectivity index (χ0v) is 15.2. The summed E-state index contributed by atoms with van der Waals surface area (Å²) in [7, 11) is 0. The summed E-state index contributed by atoms with van der Waals surface area (Å²) in [5.74, 6) is 0.108. The van der Waals surface area contributed by atoms with Gasteiger partial charge in [-0.05, 0) is 24.1 Å². The van der Waals surface area contributed by atoms with Crippen molar-refractivity contribution < 1.29 is 13.2 Å². The molecule has 0 amide bonds. The van der Waals surface area contributed by atoms with E-state index in [1.165, 1.54) is 12.1 Å². The molecule has 0 saturated heterocycles. The Kier molecular flexibility index (Phi) is 5.37. The minimum atomic E-state index is -4.60. The predicted octanol–water partition coefficient (Wildman–Crippen LogP) is 5.19. The summed E-state index contributed by atoms with van der Waals surface area (Å²) in [4.78, 5) is 16.3. The number of alkyl halides is 3. The molecule has 0 N–H and O–H groups in total. The molecule has 0 fully saturated rings. The molecule has 27 heavy (non-hydrogen) atoms. The number of aryl methyl sites for hydroxylation is 1. The van der Waals surface area contributed by atoms with Crippen molar-refractivity contribution in [1.82, 2.24) is 9.55 Å². The maximum atomic E-state index is 13.2. The van der Waals surface area contributed by atoms with Gasteiger partial charge in [0.2, 0.25) is 0 Å². The van der Waals surface area contributed by atoms with Gasteiger partial charge in [-0.3, -0.25) is 4.79 Å². The Balaban J connectivity index is 2.21. The number of aromatic nitrogens is 2. The van der Waals surface area contributed by atoms with Crippen LogP contribution in [-0.4, -0.2) is 9.55 Å². The maximum Gasteiger partial charge on any atom is 0.417 e. The topological polar surface area (TPSA) is 34.9 Å². The second-order valence-corrected chi connectivity index (χ2v) is 6.40. The first kappa shape index (κ1) is 19.2. The molecule has 0 unspecified atom stereocenters. The fraction of sp³-hybridized carbons (Fsp3) is 0.200. The van der Waals surface area contributed by atoms with Crippen LogP contribution in [0.1, 0.15) is 23.6 Å². The van der Waals surface area contributed by atoms with Crippen LogP contribution < -0.4 is 5.56 Å². The second kappa shape index (κ2) is 7.56. The average Bonchev–Trinajstić information content (AvgIpc) is 2.63. The van der Waals surface area contributed by atoms with Gasteiger partial charge in [-0.1, -0.05) is 54.9 Å². The molecule has 0 aliphatic heterocycles. The van der Waals surface area contributed by atoms with Crippen LogP contribution in [0.5, 0.6) is 0 Å². The summed E-state index contributed by atoms with van der Waals surface area (Å²) < 4.78 is 41.3. The van der Waals surface area contributed by atoms with E-state index in [9.17, 15) is 18.0 Å². The van der Waals surface area contributed by atoms with E-state index in [-0.39, 0.29) is 11.4 Å². The standard InChI is InChI=1S/C20H16ClF3N2O/c1-2-14-12-26(11-13-7-4-3-5-8-13)18(25-19(14)27)15-9-6-10-16(17(15)21)20(22,23)24/h3-10,12H,2,11H2,1H3. The fourth-order valence-electron chi connectivity index (χ4n) is 2.82. The van der Waals surface area contributed by atoms with Crippen LogP contribution in [0.2, 0.25) is 5.02 Å². The molecular weight excluding hydrogens is 377 g/mol. The van der Waals surface area contributed by atoms with Gasteiger partial charge in [-0.15, -0.1) is 0 Å². The lowest BCUT2D eigenvalue weighted by Crippen LogP contribution is -2.20. The Labute approximate surface area is 159 Å². The molecule has 3 rings (SSSR count). The van der Waals surface area contributed by atoms with Gasteiger partial charge in [0.25, 0.3) is 5.56 Å². The van der Waals surface area contributed by atoms with E-state index < -0.39 is 22.3 Å². The molecule has 1 aromatic heterocycles. The largest absolute Gasteiger partial charge is 0.417 e. The summed E-state index contributed by atoms with van der Waals surface area (Å²) in [6.07, 6.45) is -2.49. The van der Waals surface area contributed by atoms with Crippen molar-refractivity contribution in [2.45, 2.75) is 26.1 Å². The van der Waals surface area contributed by atoms with Gasteiger partial charge in [-0.25, -0.2) is 0 Å². The van der Waals surface area contributed by atoms with Crippen LogP contribution in [-0.2, 0) is 19.1 Å². The van der Waals surface area contributed by atoms with Crippen LogP contribution >= 0.6 is 11.6 Å². The number of rotatable bonds is 4. The highest BCUT2D eigenvalue weighted by Crippen LogP contribution is 2.39. The number of nitrogens with zero attached hydrogens (tertiary/aromatic N) is 2. The maximum absolute atomic E-state index is 13.2. The first-order chi connectivity index (χ1) is 12.8. The van der Waals surface area contributed by atoms with Crippen LogP contribution in [0.25, 0.3) is 11.4 Å². The Morgan fingerprint density at radius 3 is 2.41 bits per heavy atom. The zero-order chi connectivity index (χ0) is 19.6. The van der Waals surface area contributed by atoms with Crippen LogP contribution in [0.3, 0.4) is 0 Å². The van der Waals surface area contributed by atoms with E-state index in [0.717, 1.165) is 11.6 Å². The number of hydrogen-bond donors (Lipinski definition) is 0. The SMILES string of the molecule is CCc1cn(Cc2ccccc2)c(-c2cccc(C(F)(F)F)c2Cl)nc1=O. The smallest absolute Gasteiger partial charge is 0.327 e. The molecule has 0 radical (unpaired) electrons. The van der Waals surface area contributed by atoms with Crippen LogP contribution in [0.4, 0.5) is 13.2 Å². The first-order valence-corrected chi connectivity index (χ1v) is 8.69. The average molecular weight is 393 g/mol. The monoisotopic (exact) mass is 392 g/mol. The lowest BCUT2D eigenvalue weighted by molar-refractivity contribution is -0.137. The molecule has 0 aliphatic rings. The van der Waals surface area contributed by atoms with Gasteiger partial charge in [0.15, 0.2) is 0 Å². The van der Waals surface area contributed by atoms with Gasteiger partial charge < -0.3 is 4.57 Å². The fourth-order valence-corrected chi connectivity index (χ4v) is 3.14. The van der Waals surface area contributed by atoms with E-state index in [1.54, 1.807) is 10.8 Å². The van der Waals surface area contributed by atoms with Gasteiger partial charge in [0, 0.05) is 23.9 Å². The molecular formula is C20H16ClF3N2O. The molecule has 140 valence electrons. The minimum Gasteiger partial charge on any atom is -0.327 e. The zero-order valence-electron chi connectivity index (χ0n) is 14.4. The molecule has 7 heteroatoms. The van der Waals surface area contributed by atoms with Crippen molar-refractivity contribution in [3.63, 3.8) is 0 Å². The normalized spacial score (nSPS) is 11.6. The summed E-state index contributed by atoms with van der Waals surface area (Å²) in [5.41, 5.74) is 0.0568.